The van der Waals surface area contributed by atoms with E-state index in [0.29, 0.717) is 23.3 Å². The molecule has 0 spiro atoms. The number of rotatable bonds is 6. The van der Waals surface area contributed by atoms with Crippen LogP contribution in [0.1, 0.15) is 5.56 Å². The van der Waals surface area contributed by atoms with E-state index in [2.05, 4.69) is 5.43 Å². The van der Waals surface area contributed by atoms with Crippen molar-refractivity contribution in [1.29, 1.82) is 0 Å². The largest absolute Gasteiger partial charge is 0.497 e. The molecular weight excluding hydrogens is 366 g/mol. The highest BCUT2D eigenvalue weighted by Gasteiger charge is 2.13. The summed E-state index contributed by atoms with van der Waals surface area (Å²) >= 11 is 0. The van der Waals surface area contributed by atoms with Crippen molar-refractivity contribution in [3.8, 4) is 22.9 Å². The van der Waals surface area contributed by atoms with Crippen LogP contribution in [-0.2, 0) is 6.54 Å². The van der Waals surface area contributed by atoms with Crippen LogP contribution in [0.3, 0.4) is 0 Å². The van der Waals surface area contributed by atoms with Gasteiger partial charge in [-0.25, -0.2) is 9.66 Å². The van der Waals surface area contributed by atoms with E-state index in [9.17, 15) is 4.79 Å². The van der Waals surface area contributed by atoms with Gasteiger partial charge in [-0.1, -0.05) is 30.3 Å². The monoisotopic (exact) mass is 387 g/mol. The van der Waals surface area contributed by atoms with Gasteiger partial charge >= 0.3 is 0 Å². The molecule has 0 radical (unpaired) electrons. The fraction of sp³-hybridized carbons (Fsp3) is 0.130. The van der Waals surface area contributed by atoms with Crippen LogP contribution < -0.4 is 20.5 Å². The lowest BCUT2D eigenvalue weighted by Crippen LogP contribution is -2.31. The number of fused-ring (bicyclic) bond motifs is 1. The van der Waals surface area contributed by atoms with Gasteiger partial charge in [-0.3, -0.25) is 4.79 Å². The van der Waals surface area contributed by atoms with E-state index in [1.165, 1.54) is 4.68 Å². The van der Waals surface area contributed by atoms with Crippen LogP contribution in [0.2, 0.25) is 0 Å². The van der Waals surface area contributed by atoms with Crippen molar-refractivity contribution in [2.24, 2.45) is 0 Å². The summed E-state index contributed by atoms with van der Waals surface area (Å²) in [7, 11) is 3.25. The molecule has 4 aromatic rings. The summed E-state index contributed by atoms with van der Waals surface area (Å²) < 4.78 is 12.2. The Balaban J connectivity index is 1.81. The molecule has 6 nitrogen and oxygen atoms in total. The van der Waals surface area contributed by atoms with E-state index < -0.39 is 0 Å². The number of aromatic nitrogens is 2. The molecule has 29 heavy (non-hydrogen) atoms. The van der Waals surface area contributed by atoms with Crippen LogP contribution in [0.25, 0.3) is 22.3 Å². The maximum absolute atomic E-state index is 13.2. The number of ether oxygens (including phenoxy) is 2. The molecule has 1 N–H and O–H groups in total. The zero-order valence-electron chi connectivity index (χ0n) is 16.3. The Kier molecular flexibility index (Phi) is 5.16. The van der Waals surface area contributed by atoms with E-state index in [4.69, 9.17) is 14.5 Å². The van der Waals surface area contributed by atoms with Gasteiger partial charge in [0.2, 0.25) is 0 Å². The first-order chi connectivity index (χ1) is 14.2. The number of hydrogen-bond acceptors (Lipinski definition) is 5. The average molecular weight is 387 g/mol. The quantitative estimate of drug-likeness (QED) is 0.545. The van der Waals surface area contributed by atoms with Crippen LogP contribution in [0.4, 0.5) is 0 Å². The highest BCUT2D eigenvalue weighted by molar-refractivity contribution is 5.79. The van der Waals surface area contributed by atoms with Crippen molar-refractivity contribution in [2.45, 2.75) is 6.54 Å². The molecule has 0 amide bonds. The summed E-state index contributed by atoms with van der Waals surface area (Å²) in [6, 6.07) is 22.5. The number of nitrogens with one attached hydrogen (secondary N) is 1. The Morgan fingerprint density at radius 2 is 1.62 bits per heavy atom. The summed E-state index contributed by atoms with van der Waals surface area (Å²) in [6.45, 7) is 0.410. The van der Waals surface area contributed by atoms with Gasteiger partial charge in [0, 0.05) is 11.1 Å². The Labute approximate surface area is 168 Å². The van der Waals surface area contributed by atoms with Gasteiger partial charge in [-0.05, 0) is 42.5 Å². The third-order valence-corrected chi connectivity index (χ3v) is 4.74. The van der Waals surface area contributed by atoms with Gasteiger partial charge in [-0.2, -0.15) is 0 Å². The summed E-state index contributed by atoms with van der Waals surface area (Å²) in [5.41, 5.74) is 5.46. The molecule has 0 atom stereocenters. The Bertz CT molecular complexity index is 1200. The van der Waals surface area contributed by atoms with E-state index in [0.717, 1.165) is 22.6 Å². The van der Waals surface area contributed by atoms with Crippen molar-refractivity contribution < 1.29 is 9.47 Å². The van der Waals surface area contributed by atoms with E-state index in [1.807, 2.05) is 66.7 Å². The van der Waals surface area contributed by atoms with Gasteiger partial charge in [0.05, 0.1) is 31.7 Å². The molecule has 0 saturated carbocycles. The van der Waals surface area contributed by atoms with Crippen LogP contribution >= 0.6 is 0 Å². The fourth-order valence-electron chi connectivity index (χ4n) is 3.23. The molecule has 0 bridgehead atoms. The minimum absolute atomic E-state index is 0.156. The van der Waals surface area contributed by atoms with E-state index in [1.54, 1.807) is 20.3 Å². The smallest absolute Gasteiger partial charge is 0.280 e. The lowest BCUT2D eigenvalue weighted by Gasteiger charge is -2.17. The van der Waals surface area contributed by atoms with Crippen molar-refractivity contribution in [3.05, 3.63) is 88.7 Å². The first kappa shape index (κ1) is 18.6. The lowest BCUT2D eigenvalue weighted by molar-refractivity contribution is 0.409. The zero-order chi connectivity index (χ0) is 20.2. The average Bonchev–Trinajstić information content (AvgIpc) is 2.78. The number of benzene rings is 3. The van der Waals surface area contributed by atoms with Crippen LogP contribution in [0.15, 0.2) is 77.6 Å². The van der Waals surface area contributed by atoms with Crippen molar-refractivity contribution in [3.63, 3.8) is 0 Å². The Hall–Kier alpha value is -3.80. The molecular formula is C23H21N3O3. The second kappa shape index (κ2) is 8.06. The molecule has 6 heteroatoms. The second-order valence-corrected chi connectivity index (χ2v) is 6.47. The molecule has 1 aromatic heterocycles. The Morgan fingerprint density at radius 3 is 2.38 bits per heavy atom. The first-order valence-corrected chi connectivity index (χ1v) is 9.23. The predicted molar refractivity (Wildman–Crippen MR) is 114 cm³/mol. The fourth-order valence-corrected chi connectivity index (χ4v) is 3.23. The number of hydrogen-bond donors (Lipinski definition) is 1. The molecule has 1 heterocycles. The predicted octanol–water partition coefficient (Wildman–Crippen LogP) is 3.82. The molecule has 0 aliphatic rings. The Morgan fingerprint density at radius 1 is 0.897 bits per heavy atom. The third kappa shape index (κ3) is 3.65. The highest BCUT2D eigenvalue weighted by atomic mass is 16.5. The molecule has 0 saturated heterocycles. The van der Waals surface area contributed by atoms with Crippen molar-refractivity contribution >= 4 is 10.9 Å². The summed E-state index contributed by atoms with van der Waals surface area (Å²) in [4.78, 5) is 18.0. The first-order valence-electron chi connectivity index (χ1n) is 9.23. The van der Waals surface area contributed by atoms with Gasteiger partial charge in [0.25, 0.3) is 5.56 Å². The molecule has 0 aliphatic heterocycles. The summed E-state index contributed by atoms with van der Waals surface area (Å²) in [6.07, 6.45) is 0. The minimum Gasteiger partial charge on any atom is -0.497 e. The second-order valence-electron chi connectivity index (χ2n) is 6.47. The molecule has 0 unspecified atom stereocenters. The van der Waals surface area contributed by atoms with Crippen molar-refractivity contribution in [1.82, 2.24) is 9.66 Å². The maximum Gasteiger partial charge on any atom is 0.280 e. The number of nitrogens with zero attached hydrogens (tertiary/aromatic N) is 2. The number of methoxy groups -OCH3 is 2. The molecule has 0 fully saturated rings. The van der Waals surface area contributed by atoms with Gasteiger partial charge in [0.15, 0.2) is 5.82 Å². The lowest BCUT2D eigenvalue weighted by atomic mass is 10.1. The van der Waals surface area contributed by atoms with Crippen molar-refractivity contribution in [2.75, 3.05) is 19.6 Å². The molecule has 4 rings (SSSR count). The van der Waals surface area contributed by atoms with E-state index in [-0.39, 0.29) is 5.56 Å². The number of para-hydroxylation sites is 2. The highest BCUT2D eigenvalue weighted by Crippen LogP contribution is 2.22. The summed E-state index contributed by atoms with van der Waals surface area (Å²) in [5.74, 6) is 2.03. The molecule has 0 aliphatic carbocycles. The van der Waals surface area contributed by atoms with Crippen LogP contribution in [-0.4, -0.2) is 23.9 Å². The normalized spacial score (nSPS) is 10.7. The van der Waals surface area contributed by atoms with Crippen LogP contribution in [0.5, 0.6) is 11.5 Å². The zero-order valence-corrected chi connectivity index (χ0v) is 16.3. The van der Waals surface area contributed by atoms with Gasteiger partial charge < -0.3 is 14.9 Å². The van der Waals surface area contributed by atoms with Crippen LogP contribution in [0, 0.1) is 0 Å². The molecule has 3 aromatic carbocycles. The standard InChI is InChI=1S/C23H21N3O3/c1-28-18-13-11-16(12-14-18)22-25-20-9-5-4-8-19(20)23(27)26(22)24-15-17-7-3-6-10-21(17)29-2/h3-14,24H,15H2,1-2H3. The van der Waals surface area contributed by atoms with E-state index >= 15 is 0 Å². The maximum atomic E-state index is 13.2. The molecule has 146 valence electrons. The van der Waals surface area contributed by atoms with Gasteiger partial charge in [-0.15, -0.1) is 0 Å². The third-order valence-electron chi connectivity index (χ3n) is 4.74. The topological polar surface area (TPSA) is 65.4 Å². The van der Waals surface area contributed by atoms with Gasteiger partial charge in [0.1, 0.15) is 11.5 Å². The SMILES string of the molecule is COc1ccc(-c2nc3ccccc3c(=O)n2NCc2ccccc2OC)cc1. The minimum atomic E-state index is -0.156. The summed E-state index contributed by atoms with van der Waals surface area (Å²) in [5, 5.41) is 0.553.